The highest BCUT2D eigenvalue weighted by atomic mass is 35.5. The maximum absolute atomic E-state index is 12.3. The van der Waals surface area contributed by atoms with Gasteiger partial charge in [-0.05, 0) is 23.4 Å². The Kier molecular flexibility index (Phi) is 4.75. The Hall–Kier alpha value is -1.08. The van der Waals surface area contributed by atoms with Gasteiger partial charge in [0, 0.05) is 4.90 Å². The van der Waals surface area contributed by atoms with Crippen LogP contribution in [-0.4, -0.2) is 18.2 Å². The second-order valence-electron chi connectivity index (χ2n) is 3.38. The average Bonchev–Trinajstić information content (AvgIpc) is 2.63. The van der Waals surface area contributed by atoms with Gasteiger partial charge in [-0.1, -0.05) is 18.2 Å². The number of thioether (sulfide) groups is 1. The Morgan fingerprint density at radius 1 is 1.33 bits per heavy atom. The number of halogens is 4. The molecule has 1 heterocycles. The predicted molar refractivity (Wildman–Crippen MR) is 62.8 cm³/mol. The van der Waals surface area contributed by atoms with Crippen molar-refractivity contribution in [2.75, 3.05) is 6.61 Å². The summed E-state index contributed by atoms with van der Waals surface area (Å²) in [7, 11) is 0. The number of alkyl carbamates (subject to hydrolysis) is 1. The predicted octanol–water partition coefficient (Wildman–Crippen LogP) is 3.50. The van der Waals surface area contributed by atoms with Gasteiger partial charge < -0.3 is 10.1 Å². The molecule has 0 spiro atoms. The van der Waals surface area contributed by atoms with Gasteiger partial charge in [-0.2, -0.15) is 13.2 Å². The largest absolute Gasteiger partial charge is 0.447 e. The van der Waals surface area contributed by atoms with Crippen molar-refractivity contribution in [3.05, 3.63) is 29.8 Å². The summed E-state index contributed by atoms with van der Waals surface area (Å²) in [5, 5.41) is 2.45. The summed E-state index contributed by atoms with van der Waals surface area (Å²) in [6, 6.07) is 5.55. The Labute approximate surface area is 111 Å². The van der Waals surface area contributed by atoms with E-state index in [1.54, 1.807) is 12.1 Å². The molecule has 2 rings (SSSR count). The Balaban J connectivity index is 0.00000162. The van der Waals surface area contributed by atoms with Crippen molar-refractivity contribution in [2.24, 2.45) is 0 Å². The lowest BCUT2D eigenvalue weighted by molar-refractivity contribution is -0.0328. The van der Waals surface area contributed by atoms with Gasteiger partial charge in [-0.3, -0.25) is 0 Å². The highest BCUT2D eigenvalue weighted by Gasteiger charge is 2.33. The number of hydrogen-bond donors (Lipinski definition) is 1. The van der Waals surface area contributed by atoms with E-state index < -0.39 is 17.6 Å². The molecule has 0 saturated carbocycles. The highest BCUT2D eigenvalue weighted by Crippen LogP contribution is 2.40. The van der Waals surface area contributed by atoms with E-state index in [1.165, 1.54) is 12.1 Å². The number of cyclic esters (lactones) is 1. The molecular weight excluding hydrogens is 291 g/mol. The molecule has 1 saturated heterocycles. The lowest BCUT2D eigenvalue weighted by Crippen LogP contribution is -2.19. The number of alkyl halides is 3. The second kappa shape index (κ2) is 5.71. The van der Waals surface area contributed by atoms with Gasteiger partial charge in [0.05, 0.1) is 6.04 Å². The number of hydrogen-bond acceptors (Lipinski definition) is 3. The van der Waals surface area contributed by atoms with Crippen molar-refractivity contribution in [3.63, 3.8) is 0 Å². The van der Waals surface area contributed by atoms with Gasteiger partial charge in [0.15, 0.2) is 0 Å². The summed E-state index contributed by atoms with van der Waals surface area (Å²) in [5.74, 6) is 0. The van der Waals surface area contributed by atoms with Crippen molar-refractivity contribution >= 4 is 30.3 Å². The summed E-state index contributed by atoms with van der Waals surface area (Å²) in [5.41, 5.74) is -3.93. The third kappa shape index (κ3) is 3.71. The minimum atomic E-state index is -4.35. The van der Waals surface area contributed by atoms with Crippen molar-refractivity contribution in [1.29, 1.82) is 0 Å². The lowest BCUT2D eigenvalue weighted by Gasteiger charge is -2.14. The first kappa shape index (κ1) is 15.0. The van der Waals surface area contributed by atoms with E-state index >= 15 is 0 Å². The van der Waals surface area contributed by atoms with Crippen LogP contribution >= 0.6 is 24.2 Å². The molecule has 0 radical (unpaired) electrons. The Bertz CT molecular complexity index is 441. The van der Waals surface area contributed by atoms with Crippen LogP contribution < -0.4 is 5.32 Å². The number of carbonyl (C=O) groups is 1. The third-order valence-corrected chi connectivity index (χ3v) is 3.02. The molecule has 0 aliphatic carbocycles. The lowest BCUT2D eigenvalue weighted by atomic mass is 10.1. The molecule has 1 aliphatic heterocycles. The summed E-state index contributed by atoms with van der Waals surface area (Å²) in [6.45, 7) is 0.0499. The first-order chi connectivity index (χ1) is 7.96. The molecule has 1 amide bonds. The normalized spacial score (nSPS) is 18.8. The first-order valence-corrected chi connectivity index (χ1v) is 5.55. The number of benzene rings is 1. The van der Waals surface area contributed by atoms with Gasteiger partial charge >= 0.3 is 11.6 Å². The molecule has 0 bridgehead atoms. The quantitative estimate of drug-likeness (QED) is 0.849. The standard InChI is InChI=1S/C10H8F3NO2S.ClH/c11-10(12,13)17-8-4-2-1-3-6(8)7-5-16-9(15)14-7;/h1-4,7H,5H2,(H,14,15);1H/t7-;/m1./s1. The van der Waals surface area contributed by atoms with Crippen LogP contribution in [0.15, 0.2) is 29.2 Å². The molecule has 100 valence electrons. The van der Waals surface area contributed by atoms with Crippen molar-refractivity contribution in [3.8, 4) is 0 Å². The second-order valence-corrected chi connectivity index (χ2v) is 4.49. The Morgan fingerprint density at radius 2 is 2.00 bits per heavy atom. The fourth-order valence-corrected chi connectivity index (χ4v) is 2.26. The molecule has 3 nitrogen and oxygen atoms in total. The first-order valence-electron chi connectivity index (χ1n) is 4.74. The molecule has 1 N–H and O–H groups in total. The van der Waals surface area contributed by atoms with Crippen LogP contribution in [-0.2, 0) is 4.74 Å². The molecule has 1 atom stereocenters. The molecular formula is C10H9ClF3NO2S. The van der Waals surface area contributed by atoms with E-state index in [1.807, 2.05) is 0 Å². The number of rotatable bonds is 2. The van der Waals surface area contributed by atoms with E-state index in [2.05, 4.69) is 10.1 Å². The van der Waals surface area contributed by atoms with Gasteiger partial charge in [-0.15, -0.1) is 12.4 Å². The number of amides is 1. The maximum atomic E-state index is 12.3. The molecule has 0 aromatic heterocycles. The van der Waals surface area contributed by atoms with E-state index in [9.17, 15) is 18.0 Å². The number of ether oxygens (including phenoxy) is 1. The van der Waals surface area contributed by atoms with Crippen LogP contribution in [0.1, 0.15) is 11.6 Å². The molecule has 1 aliphatic rings. The fraction of sp³-hybridized carbons (Fsp3) is 0.300. The minimum Gasteiger partial charge on any atom is -0.447 e. The SMILES string of the molecule is Cl.O=C1N[C@@H](c2ccccc2SC(F)(F)F)CO1. The van der Waals surface area contributed by atoms with Crippen LogP contribution in [0.5, 0.6) is 0 Å². The Morgan fingerprint density at radius 3 is 2.56 bits per heavy atom. The third-order valence-electron chi connectivity index (χ3n) is 2.19. The van der Waals surface area contributed by atoms with E-state index in [-0.39, 0.29) is 35.7 Å². The van der Waals surface area contributed by atoms with Crippen LogP contribution in [0, 0.1) is 0 Å². The maximum Gasteiger partial charge on any atom is 0.446 e. The van der Waals surface area contributed by atoms with E-state index in [0.717, 1.165) is 0 Å². The molecule has 0 unspecified atom stereocenters. The average molecular weight is 300 g/mol. The van der Waals surface area contributed by atoms with Crippen molar-refractivity contribution in [1.82, 2.24) is 5.32 Å². The molecule has 1 fully saturated rings. The molecule has 1 aromatic rings. The highest BCUT2D eigenvalue weighted by molar-refractivity contribution is 8.00. The molecule has 8 heteroatoms. The van der Waals surface area contributed by atoms with Crippen LogP contribution in [0.2, 0.25) is 0 Å². The summed E-state index contributed by atoms with van der Waals surface area (Å²) in [6.07, 6.45) is -0.609. The van der Waals surface area contributed by atoms with Crippen molar-refractivity contribution in [2.45, 2.75) is 16.4 Å². The zero-order valence-electron chi connectivity index (χ0n) is 8.86. The van der Waals surface area contributed by atoms with Gasteiger partial charge in [0.2, 0.25) is 0 Å². The zero-order valence-corrected chi connectivity index (χ0v) is 10.5. The topological polar surface area (TPSA) is 38.3 Å². The number of nitrogens with one attached hydrogen (secondary N) is 1. The van der Waals surface area contributed by atoms with E-state index in [4.69, 9.17) is 0 Å². The zero-order chi connectivity index (χ0) is 12.5. The molecule has 18 heavy (non-hydrogen) atoms. The van der Waals surface area contributed by atoms with Crippen LogP contribution in [0.25, 0.3) is 0 Å². The van der Waals surface area contributed by atoms with E-state index in [0.29, 0.717) is 5.56 Å². The van der Waals surface area contributed by atoms with Gasteiger partial charge in [0.25, 0.3) is 0 Å². The monoisotopic (exact) mass is 299 g/mol. The summed E-state index contributed by atoms with van der Waals surface area (Å²) in [4.78, 5) is 10.9. The van der Waals surface area contributed by atoms with Crippen LogP contribution in [0.3, 0.4) is 0 Å². The van der Waals surface area contributed by atoms with Crippen molar-refractivity contribution < 1.29 is 22.7 Å². The van der Waals surface area contributed by atoms with Gasteiger partial charge in [0.1, 0.15) is 6.61 Å². The van der Waals surface area contributed by atoms with Crippen LogP contribution in [0.4, 0.5) is 18.0 Å². The smallest absolute Gasteiger partial charge is 0.446 e. The summed E-state index contributed by atoms with van der Waals surface area (Å²) < 4.78 is 41.7. The minimum absolute atomic E-state index is 0. The number of carbonyl (C=O) groups excluding carboxylic acids is 1. The van der Waals surface area contributed by atoms with Gasteiger partial charge in [-0.25, -0.2) is 4.79 Å². The molecule has 1 aromatic carbocycles. The summed E-state index contributed by atoms with van der Waals surface area (Å²) >= 11 is -0.191. The fourth-order valence-electron chi connectivity index (χ4n) is 1.54.